The van der Waals surface area contributed by atoms with Crippen molar-refractivity contribution in [3.63, 3.8) is 0 Å². The summed E-state index contributed by atoms with van der Waals surface area (Å²) in [5.41, 5.74) is 0.525. The van der Waals surface area contributed by atoms with E-state index >= 15 is 0 Å². The van der Waals surface area contributed by atoms with E-state index in [0.29, 0.717) is 24.8 Å². The smallest absolute Gasteiger partial charge is 0.236 e. The number of likely N-dealkylation sites (tertiary alicyclic amines) is 1. The lowest BCUT2D eigenvalue weighted by Gasteiger charge is -2.38. The minimum Gasteiger partial charge on any atom is -0.341 e. The first kappa shape index (κ1) is 16.3. The van der Waals surface area contributed by atoms with Crippen LogP contribution in [0, 0.1) is 12.3 Å². The SMILES string of the molecule is Cc1noc(CC(=O)N2CCCC3(CCN(c4ccsc4)C3=O)C2)n1. The second kappa shape index (κ2) is 6.25. The Morgan fingerprint density at radius 2 is 2.28 bits per heavy atom. The second-order valence-corrected chi connectivity index (χ2v) is 7.58. The van der Waals surface area contributed by atoms with Gasteiger partial charge < -0.3 is 14.3 Å². The molecule has 2 aliphatic heterocycles. The zero-order valence-electron chi connectivity index (χ0n) is 14.1. The number of aryl methyl sites for hydroxylation is 1. The third kappa shape index (κ3) is 2.95. The number of rotatable bonds is 3. The van der Waals surface area contributed by atoms with Gasteiger partial charge >= 0.3 is 0 Å². The van der Waals surface area contributed by atoms with E-state index in [2.05, 4.69) is 10.1 Å². The predicted octanol–water partition coefficient (Wildman–Crippen LogP) is 2.03. The van der Waals surface area contributed by atoms with Crippen LogP contribution in [0.5, 0.6) is 0 Å². The molecule has 25 heavy (non-hydrogen) atoms. The molecule has 4 heterocycles. The number of thiophene rings is 1. The summed E-state index contributed by atoms with van der Waals surface area (Å²) in [6.45, 7) is 3.61. The van der Waals surface area contributed by atoms with Gasteiger partial charge in [0, 0.05) is 25.0 Å². The number of piperidine rings is 1. The molecule has 2 aromatic heterocycles. The first-order valence-electron chi connectivity index (χ1n) is 8.49. The Bertz CT molecular complexity index is 788. The highest BCUT2D eigenvalue weighted by molar-refractivity contribution is 7.08. The molecule has 0 N–H and O–H groups in total. The average molecular weight is 360 g/mol. The fourth-order valence-corrected chi connectivity index (χ4v) is 4.50. The molecule has 2 saturated heterocycles. The number of carbonyl (C=O) groups is 2. The zero-order valence-corrected chi connectivity index (χ0v) is 14.9. The molecule has 0 aromatic carbocycles. The van der Waals surface area contributed by atoms with E-state index in [1.807, 2.05) is 21.7 Å². The van der Waals surface area contributed by atoms with E-state index in [1.54, 1.807) is 23.2 Å². The molecule has 0 aliphatic carbocycles. The molecular formula is C17H20N4O3S. The van der Waals surface area contributed by atoms with Crippen molar-refractivity contribution in [2.24, 2.45) is 5.41 Å². The third-order valence-electron chi connectivity index (χ3n) is 5.13. The number of amides is 2. The summed E-state index contributed by atoms with van der Waals surface area (Å²) in [7, 11) is 0. The number of anilines is 1. The maximum Gasteiger partial charge on any atom is 0.236 e. The van der Waals surface area contributed by atoms with Crippen molar-refractivity contribution in [3.8, 4) is 0 Å². The number of nitrogens with zero attached hydrogens (tertiary/aromatic N) is 4. The second-order valence-electron chi connectivity index (χ2n) is 6.80. The standard InChI is InChI=1S/C17H20N4O3S/c1-12-18-14(24-19-12)9-15(22)20-6-2-4-17(11-20)5-7-21(16(17)23)13-3-8-25-10-13/h3,8,10H,2,4-7,9,11H2,1H3. The van der Waals surface area contributed by atoms with Crippen LogP contribution in [0.4, 0.5) is 5.69 Å². The van der Waals surface area contributed by atoms with Crippen LogP contribution in [-0.2, 0) is 16.0 Å². The predicted molar refractivity (Wildman–Crippen MR) is 92.3 cm³/mol. The Balaban J connectivity index is 1.47. The van der Waals surface area contributed by atoms with E-state index in [1.165, 1.54) is 0 Å². The molecule has 0 saturated carbocycles. The van der Waals surface area contributed by atoms with Crippen LogP contribution in [0.25, 0.3) is 0 Å². The van der Waals surface area contributed by atoms with Gasteiger partial charge in [-0.2, -0.15) is 16.3 Å². The largest absolute Gasteiger partial charge is 0.341 e. The van der Waals surface area contributed by atoms with Crippen molar-refractivity contribution in [2.75, 3.05) is 24.5 Å². The molecule has 1 unspecified atom stereocenters. The molecule has 1 atom stereocenters. The fraction of sp³-hybridized carbons (Fsp3) is 0.529. The fourth-order valence-electron chi connectivity index (χ4n) is 3.85. The van der Waals surface area contributed by atoms with Gasteiger partial charge in [0.25, 0.3) is 0 Å². The van der Waals surface area contributed by atoms with Crippen molar-refractivity contribution >= 4 is 28.8 Å². The molecule has 2 aliphatic rings. The average Bonchev–Trinajstić information content (AvgIpc) is 3.32. The van der Waals surface area contributed by atoms with E-state index in [9.17, 15) is 9.59 Å². The van der Waals surface area contributed by atoms with Crippen molar-refractivity contribution < 1.29 is 14.1 Å². The highest BCUT2D eigenvalue weighted by Gasteiger charge is 2.50. The van der Waals surface area contributed by atoms with Crippen LogP contribution < -0.4 is 4.90 Å². The van der Waals surface area contributed by atoms with E-state index in [0.717, 1.165) is 31.5 Å². The molecule has 8 heteroatoms. The van der Waals surface area contributed by atoms with Gasteiger partial charge in [-0.1, -0.05) is 5.16 Å². The topological polar surface area (TPSA) is 79.5 Å². The third-order valence-corrected chi connectivity index (χ3v) is 5.80. The van der Waals surface area contributed by atoms with Crippen LogP contribution in [0.2, 0.25) is 0 Å². The Morgan fingerprint density at radius 1 is 1.40 bits per heavy atom. The summed E-state index contributed by atoms with van der Waals surface area (Å²) in [6, 6.07) is 1.98. The normalized spacial score (nSPS) is 23.6. The monoisotopic (exact) mass is 360 g/mol. The minimum absolute atomic E-state index is 0.0514. The number of aromatic nitrogens is 2. The molecule has 7 nitrogen and oxygen atoms in total. The molecule has 0 radical (unpaired) electrons. The summed E-state index contributed by atoms with van der Waals surface area (Å²) < 4.78 is 5.05. The van der Waals surface area contributed by atoms with Gasteiger partial charge in [-0.15, -0.1) is 0 Å². The van der Waals surface area contributed by atoms with Crippen LogP contribution in [0.15, 0.2) is 21.3 Å². The summed E-state index contributed by atoms with van der Waals surface area (Å²) in [4.78, 5) is 33.4. The maximum absolute atomic E-state index is 13.1. The summed E-state index contributed by atoms with van der Waals surface area (Å²) in [6.07, 6.45) is 2.58. The first-order chi connectivity index (χ1) is 12.1. The lowest BCUT2D eigenvalue weighted by atomic mass is 9.78. The molecule has 2 fully saturated rings. The van der Waals surface area contributed by atoms with E-state index < -0.39 is 5.41 Å². The molecule has 1 spiro atoms. The van der Waals surface area contributed by atoms with Crippen molar-refractivity contribution in [1.82, 2.24) is 15.0 Å². The van der Waals surface area contributed by atoms with Crippen LogP contribution in [0.3, 0.4) is 0 Å². The van der Waals surface area contributed by atoms with Gasteiger partial charge in [0.2, 0.25) is 17.7 Å². The summed E-state index contributed by atoms with van der Waals surface area (Å²) >= 11 is 1.59. The quantitative estimate of drug-likeness (QED) is 0.837. The van der Waals surface area contributed by atoms with Gasteiger partial charge in [-0.05, 0) is 37.6 Å². The number of carbonyl (C=O) groups excluding carboxylic acids is 2. The van der Waals surface area contributed by atoms with Crippen molar-refractivity contribution in [3.05, 3.63) is 28.5 Å². The molecular weight excluding hydrogens is 340 g/mol. The number of hydrogen-bond donors (Lipinski definition) is 0. The van der Waals surface area contributed by atoms with E-state index in [4.69, 9.17) is 4.52 Å². The Kier molecular flexibility index (Phi) is 4.07. The lowest BCUT2D eigenvalue weighted by Crippen LogP contribution is -2.50. The Hall–Kier alpha value is -2.22. The van der Waals surface area contributed by atoms with Gasteiger partial charge in [0.1, 0.15) is 6.42 Å². The Morgan fingerprint density at radius 3 is 3.00 bits per heavy atom. The molecule has 4 rings (SSSR count). The summed E-state index contributed by atoms with van der Waals surface area (Å²) in [5.74, 6) is 0.955. The minimum atomic E-state index is -0.444. The van der Waals surface area contributed by atoms with Crippen LogP contribution in [0.1, 0.15) is 31.0 Å². The lowest BCUT2D eigenvalue weighted by molar-refractivity contribution is -0.138. The van der Waals surface area contributed by atoms with Crippen molar-refractivity contribution in [1.29, 1.82) is 0 Å². The van der Waals surface area contributed by atoms with Gasteiger partial charge in [-0.25, -0.2) is 0 Å². The van der Waals surface area contributed by atoms with Gasteiger partial charge in [-0.3, -0.25) is 9.59 Å². The molecule has 2 aromatic rings. The first-order valence-corrected chi connectivity index (χ1v) is 9.43. The highest BCUT2D eigenvalue weighted by Crippen LogP contribution is 2.42. The Labute approximate surface area is 149 Å². The molecule has 0 bridgehead atoms. The van der Waals surface area contributed by atoms with E-state index in [-0.39, 0.29) is 18.2 Å². The molecule has 2 amide bonds. The van der Waals surface area contributed by atoms with Gasteiger partial charge in [0.05, 0.1) is 11.1 Å². The zero-order chi connectivity index (χ0) is 17.4. The summed E-state index contributed by atoms with van der Waals surface area (Å²) in [5, 5.41) is 7.70. The number of hydrogen-bond acceptors (Lipinski definition) is 6. The van der Waals surface area contributed by atoms with Crippen LogP contribution in [-0.4, -0.2) is 46.5 Å². The van der Waals surface area contributed by atoms with Crippen molar-refractivity contribution in [2.45, 2.75) is 32.6 Å². The maximum atomic E-state index is 13.1. The molecule has 132 valence electrons. The van der Waals surface area contributed by atoms with Gasteiger partial charge in [0.15, 0.2) is 5.82 Å². The van der Waals surface area contributed by atoms with Crippen LogP contribution >= 0.6 is 11.3 Å². The highest BCUT2D eigenvalue weighted by atomic mass is 32.1.